The lowest BCUT2D eigenvalue weighted by Gasteiger charge is -2.11. The fourth-order valence-electron chi connectivity index (χ4n) is 3.30. The predicted octanol–water partition coefficient (Wildman–Crippen LogP) is 6.80. The van der Waals surface area contributed by atoms with Gasteiger partial charge in [0.2, 0.25) is 0 Å². The van der Waals surface area contributed by atoms with Gasteiger partial charge in [-0.05, 0) is 48.4 Å². The maximum absolute atomic E-state index is 13.0. The summed E-state index contributed by atoms with van der Waals surface area (Å²) in [5, 5.41) is 5.59. The predicted molar refractivity (Wildman–Crippen MR) is 138 cm³/mol. The van der Waals surface area contributed by atoms with Crippen LogP contribution in [0.4, 0.5) is 0 Å². The molecule has 0 saturated carbocycles. The molecule has 8 heteroatoms. The molecule has 1 aromatic heterocycles. The molecule has 0 atom stereocenters. The van der Waals surface area contributed by atoms with Crippen molar-refractivity contribution in [2.75, 3.05) is 0 Å². The van der Waals surface area contributed by atoms with E-state index in [2.05, 4.69) is 26.0 Å². The third kappa shape index (κ3) is 5.29. The summed E-state index contributed by atoms with van der Waals surface area (Å²) in [7, 11) is 0. The van der Waals surface area contributed by atoms with Crippen molar-refractivity contribution >= 4 is 56.2 Å². The van der Waals surface area contributed by atoms with Crippen molar-refractivity contribution in [3.8, 4) is 5.75 Å². The van der Waals surface area contributed by atoms with Crippen molar-refractivity contribution in [3.63, 3.8) is 0 Å². The zero-order valence-electron chi connectivity index (χ0n) is 18.0. The molecular formula is C25H20BrCl2N3O2. The third-order valence-corrected chi connectivity index (χ3v) is 6.09. The van der Waals surface area contributed by atoms with E-state index in [9.17, 15) is 4.79 Å². The average molecular weight is 545 g/mol. The molecule has 4 rings (SSSR count). The highest BCUT2D eigenvalue weighted by Gasteiger charge is 2.12. The van der Waals surface area contributed by atoms with Crippen molar-refractivity contribution < 1.29 is 4.74 Å². The molecule has 0 aliphatic heterocycles. The van der Waals surface area contributed by atoms with Gasteiger partial charge >= 0.3 is 0 Å². The highest BCUT2D eigenvalue weighted by molar-refractivity contribution is 9.10. The van der Waals surface area contributed by atoms with Crippen molar-refractivity contribution in [1.29, 1.82) is 0 Å². The van der Waals surface area contributed by atoms with Gasteiger partial charge in [-0.25, -0.2) is 4.98 Å². The Kier molecular flexibility index (Phi) is 7.17. The molecule has 0 spiro atoms. The molecular weight excluding hydrogens is 525 g/mol. The fourth-order valence-corrected chi connectivity index (χ4v) is 4.27. The molecule has 3 aromatic carbocycles. The van der Waals surface area contributed by atoms with Gasteiger partial charge in [0.05, 0.1) is 27.2 Å². The van der Waals surface area contributed by atoms with E-state index in [0.717, 1.165) is 10.0 Å². The van der Waals surface area contributed by atoms with Gasteiger partial charge in [-0.2, -0.15) is 9.78 Å². The average Bonchev–Trinajstić information content (AvgIpc) is 2.79. The number of fused-ring (bicyclic) bond motifs is 1. The summed E-state index contributed by atoms with van der Waals surface area (Å²) < 4.78 is 7.95. The van der Waals surface area contributed by atoms with Gasteiger partial charge in [0.25, 0.3) is 5.56 Å². The molecule has 0 fully saturated rings. The minimum Gasteiger partial charge on any atom is -0.486 e. The van der Waals surface area contributed by atoms with Crippen LogP contribution in [0.25, 0.3) is 10.9 Å². The van der Waals surface area contributed by atoms with Gasteiger partial charge in [-0.3, -0.25) is 4.79 Å². The van der Waals surface area contributed by atoms with Gasteiger partial charge in [0, 0.05) is 10.9 Å². The van der Waals surface area contributed by atoms with Crippen LogP contribution in [0.15, 0.2) is 69.0 Å². The molecule has 4 aromatic rings. The van der Waals surface area contributed by atoms with Crippen LogP contribution in [0.3, 0.4) is 0 Å². The number of halogens is 3. The van der Waals surface area contributed by atoms with Crippen molar-refractivity contribution in [3.05, 3.63) is 102 Å². The smallest absolute Gasteiger partial charge is 0.282 e. The first-order valence-electron chi connectivity index (χ1n) is 10.3. The summed E-state index contributed by atoms with van der Waals surface area (Å²) in [6.07, 6.45) is 2.08. The van der Waals surface area contributed by atoms with Crippen LogP contribution in [0.1, 0.15) is 29.4 Å². The summed E-state index contributed by atoms with van der Waals surface area (Å²) in [6, 6.07) is 16.8. The lowest BCUT2D eigenvalue weighted by Crippen LogP contribution is -2.22. The van der Waals surface area contributed by atoms with E-state index >= 15 is 0 Å². The molecule has 0 bridgehead atoms. The normalized spacial score (nSPS) is 11.4. The number of hydrogen-bond acceptors (Lipinski definition) is 4. The van der Waals surface area contributed by atoms with Crippen LogP contribution < -0.4 is 10.3 Å². The largest absolute Gasteiger partial charge is 0.486 e. The SMILES string of the molecule is CCc1nc2ccc(Br)cc2c(=O)n1N=Cc1cc(Cl)c(OCc2ccc(C)cc2)c(Cl)c1. The minimum absolute atomic E-state index is 0.246. The highest BCUT2D eigenvalue weighted by atomic mass is 79.9. The van der Waals surface area contributed by atoms with Crippen LogP contribution in [-0.2, 0) is 13.0 Å². The Balaban J connectivity index is 1.62. The van der Waals surface area contributed by atoms with Gasteiger partial charge in [0.1, 0.15) is 12.4 Å². The Hall–Kier alpha value is -2.67. The molecule has 1 heterocycles. The highest BCUT2D eigenvalue weighted by Crippen LogP contribution is 2.34. The van der Waals surface area contributed by atoms with E-state index in [-0.39, 0.29) is 5.56 Å². The van der Waals surface area contributed by atoms with Crippen LogP contribution in [0.2, 0.25) is 10.0 Å². The van der Waals surface area contributed by atoms with Crippen LogP contribution >= 0.6 is 39.1 Å². The molecule has 0 unspecified atom stereocenters. The molecule has 0 radical (unpaired) electrons. The molecule has 0 N–H and O–H groups in total. The Labute approximate surface area is 209 Å². The van der Waals surface area contributed by atoms with Gasteiger partial charge in [-0.15, -0.1) is 0 Å². The number of ether oxygens (including phenoxy) is 1. The molecule has 0 aliphatic rings. The number of benzene rings is 3. The summed E-state index contributed by atoms with van der Waals surface area (Å²) in [5.74, 6) is 0.959. The number of aryl methyl sites for hydroxylation is 2. The maximum Gasteiger partial charge on any atom is 0.282 e. The van der Waals surface area contributed by atoms with Crippen LogP contribution in [0.5, 0.6) is 5.75 Å². The zero-order valence-corrected chi connectivity index (χ0v) is 21.1. The maximum atomic E-state index is 13.0. The lowest BCUT2D eigenvalue weighted by atomic mass is 10.2. The van der Waals surface area contributed by atoms with E-state index in [1.807, 2.05) is 50.2 Å². The summed E-state index contributed by atoms with van der Waals surface area (Å²) in [4.78, 5) is 17.6. The monoisotopic (exact) mass is 543 g/mol. The standard InChI is InChI=1S/C25H20BrCl2N3O2/c1-3-23-30-22-9-8-18(26)12-19(22)25(32)31(23)29-13-17-10-20(27)24(21(28)11-17)33-14-16-6-4-15(2)5-7-16/h4-13H,3,14H2,1-2H3. The second-order valence-electron chi connectivity index (χ2n) is 7.49. The quantitative estimate of drug-likeness (QED) is 0.251. The number of rotatable bonds is 6. The first-order valence-corrected chi connectivity index (χ1v) is 11.8. The number of hydrogen-bond donors (Lipinski definition) is 0. The number of nitrogens with zero attached hydrogens (tertiary/aromatic N) is 3. The van der Waals surface area contributed by atoms with E-state index in [4.69, 9.17) is 27.9 Å². The van der Waals surface area contributed by atoms with Crippen molar-refractivity contribution in [2.45, 2.75) is 26.9 Å². The molecule has 0 amide bonds. The summed E-state index contributed by atoms with van der Waals surface area (Å²) >= 11 is 16.3. The Morgan fingerprint density at radius 2 is 1.79 bits per heavy atom. The lowest BCUT2D eigenvalue weighted by molar-refractivity contribution is 0.306. The summed E-state index contributed by atoms with van der Waals surface area (Å²) in [5.41, 5.74) is 3.21. The van der Waals surface area contributed by atoms with E-state index < -0.39 is 0 Å². The Morgan fingerprint density at radius 3 is 2.45 bits per heavy atom. The second-order valence-corrected chi connectivity index (χ2v) is 9.22. The van der Waals surface area contributed by atoms with Crippen molar-refractivity contribution in [2.24, 2.45) is 5.10 Å². The van der Waals surface area contributed by atoms with Gasteiger partial charge in [-0.1, -0.05) is 75.9 Å². The Morgan fingerprint density at radius 1 is 1.09 bits per heavy atom. The number of aromatic nitrogens is 2. The first-order chi connectivity index (χ1) is 15.9. The third-order valence-electron chi connectivity index (χ3n) is 5.04. The topological polar surface area (TPSA) is 56.5 Å². The van der Waals surface area contributed by atoms with E-state index in [0.29, 0.717) is 51.1 Å². The first kappa shape index (κ1) is 23.5. The molecule has 5 nitrogen and oxygen atoms in total. The fraction of sp³-hybridized carbons (Fsp3) is 0.160. The molecule has 0 saturated heterocycles. The van der Waals surface area contributed by atoms with Gasteiger partial charge in [0.15, 0.2) is 5.75 Å². The van der Waals surface area contributed by atoms with Crippen LogP contribution in [0, 0.1) is 6.92 Å². The molecule has 0 aliphatic carbocycles. The molecule has 168 valence electrons. The van der Waals surface area contributed by atoms with Crippen LogP contribution in [-0.4, -0.2) is 15.9 Å². The minimum atomic E-state index is -0.246. The molecule has 33 heavy (non-hydrogen) atoms. The second kappa shape index (κ2) is 10.1. The van der Waals surface area contributed by atoms with E-state index in [1.165, 1.54) is 16.5 Å². The van der Waals surface area contributed by atoms with E-state index in [1.54, 1.807) is 18.2 Å². The van der Waals surface area contributed by atoms with Gasteiger partial charge < -0.3 is 4.74 Å². The summed E-state index contributed by atoms with van der Waals surface area (Å²) in [6.45, 7) is 4.30. The van der Waals surface area contributed by atoms with Crippen molar-refractivity contribution in [1.82, 2.24) is 9.66 Å². The Bertz CT molecular complexity index is 1390. The zero-order chi connectivity index (χ0) is 23.5.